The lowest BCUT2D eigenvalue weighted by atomic mass is 9.96. The quantitative estimate of drug-likeness (QED) is 0.130. The number of phosphoric acid groups is 1. The number of imide groups is 1. The Kier molecular flexibility index (Phi) is 9.76. The van der Waals surface area contributed by atoms with Gasteiger partial charge in [-0.05, 0) is 75.4 Å². The summed E-state index contributed by atoms with van der Waals surface area (Å²) in [5.41, 5.74) is 0.497. The molecule has 49 heavy (non-hydrogen) atoms. The summed E-state index contributed by atoms with van der Waals surface area (Å²) in [4.78, 5) is 75.8. The number of aryl methyl sites for hydroxylation is 2. The van der Waals surface area contributed by atoms with Crippen molar-refractivity contribution in [2.45, 2.75) is 58.6 Å². The maximum atomic E-state index is 13.9. The second kappa shape index (κ2) is 13.7. The molecule has 258 valence electrons. The van der Waals surface area contributed by atoms with Gasteiger partial charge in [0.1, 0.15) is 17.6 Å². The zero-order chi connectivity index (χ0) is 35.7. The van der Waals surface area contributed by atoms with Gasteiger partial charge < -0.3 is 25.0 Å². The van der Waals surface area contributed by atoms with Crippen LogP contribution in [0.25, 0.3) is 5.52 Å². The smallest absolute Gasteiger partial charge is 0.478 e. The summed E-state index contributed by atoms with van der Waals surface area (Å²) < 4.78 is 22.6. The molecular formula is C32H35N6O10P. The van der Waals surface area contributed by atoms with Crippen LogP contribution < -0.4 is 15.2 Å². The number of rotatable bonds is 12. The van der Waals surface area contributed by atoms with Crippen molar-refractivity contribution >= 4 is 48.7 Å². The lowest BCUT2D eigenvalue weighted by molar-refractivity contribution is -0.158. The van der Waals surface area contributed by atoms with Crippen molar-refractivity contribution in [3.05, 3.63) is 82.8 Å². The summed E-state index contributed by atoms with van der Waals surface area (Å²) in [6.45, 7) is 6.24. The van der Waals surface area contributed by atoms with Crippen molar-refractivity contribution in [1.29, 1.82) is 0 Å². The van der Waals surface area contributed by atoms with Crippen LogP contribution >= 0.6 is 7.82 Å². The monoisotopic (exact) mass is 694 g/mol. The number of carbonyl (C=O) groups excluding carboxylic acids is 3. The van der Waals surface area contributed by atoms with Gasteiger partial charge in [-0.2, -0.15) is 5.10 Å². The maximum Gasteiger partial charge on any atom is 0.524 e. The molecule has 2 aromatic heterocycles. The molecule has 2 heterocycles. The molecule has 2 aromatic carbocycles. The minimum Gasteiger partial charge on any atom is -0.478 e. The van der Waals surface area contributed by atoms with Crippen molar-refractivity contribution in [2.24, 2.45) is 0 Å². The molecule has 5 N–H and O–H groups in total. The molecule has 3 amide bonds. The van der Waals surface area contributed by atoms with E-state index in [0.717, 1.165) is 42.4 Å². The van der Waals surface area contributed by atoms with E-state index in [4.69, 9.17) is 14.5 Å². The minimum atomic E-state index is -4.87. The van der Waals surface area contributed by atoms with Crippen LogP contribution in [0.4, 0.5) is 16.3 Å². The third-order valence-corrected chi connectivity index (χ3v) is 8.41. The van der Waals surface area contributed by atoms with E-state index in [-0.39, 0.29) is 35.4 Å². The predicted octanol–water partition coefficient (Wildman–Crippen LogP) is 4.44. The number of nitrogens with one attached hydrogen (secondary N) is 2. The summed E-state index contributed by atoms with van der Waals surface area (Å²) in [6.07, 6.45) is 3.71. The van der Waals surface area contributed by atoms with Crippen molar-refractivity contribution in [2.75, 3.05) is 11.9 Å². The highest BCUT2D eigenvalue weighted by Crippen LogP contribution is 2.38. The number of ether oxygens (including phenoxy) is 1. The van der Waals surface area contributed by atoms with Crippen molar-refractivity contribution in [3.63, 3.8) is 0 Å². The number of benzene rings is 2. The molecule has 1 atom stereocenters. The van der Waals surface area contributed by atoms with Crippen LogP contribution in [0.3, 0.4) is 0 Å². The molecule has 0 aliphatic heterocycles. The van der Waals surface area contributed by atoms with E-state index in [0.29, 0.717) is 34.6 Å². The molecule has 0 radical (unpaired) electrons. The van der Waals surface area contributed by atoms with Crippen LogP contribution in [0.2, 0.25) is 0 Å². The summed E-state index contributed by atoms with van der Waals surface area (Å²) in [5.74, 6) is -2.42. The first kappa shape index (κ1) is 35.0. The minimum absolute atomic E-state index is 0.0588. The van der Waals surface area contributed by atoms with Crippen LogP contribution in [0, 0.1) is 13.8 Å². The molecule has 1 saturated carbocycles. The van der Waals surface area contributed by atoms with Crippen LogP contribution in [-0.2, 0) is 19.7 Å². The van der Waals surface area contributed by atoms with E-state index in [1.807, 2.05) is 13.0 Å². The number of carboxylic acids is 1. The van der Waals surface area contributed by atoms with Gasteiger partial charge in [0, 0.05) is 35.6 Å². The van der Waals surface area contributed by atoms with E-state index in [9.17, 15) is 28.8 Å². The average Bonchev–Trinajstić information content (AvgIpc) is 3.79. The molecular weight excluding hydrogens is 659 g/mol. The van der Waals surface area contributed by atoms with Crippen LogP contribution in [0.5, 0.6) is 5.75 Å². The number of hydrogen-bond donors (Lipinski definition) is 5. The Hall–Kier alpha value is -5.31. The number of fused-ring (bicyclic) bond motifs is 1. The molecule has 0 bridgehead atoms. The molecule has 1 fully saturated rings. The summed E-state index contributed by atoms with van der Waals surface area (Å²) in [5, 5.41) is 20.5. The van der Waals surface area contributed by atoms with Crippen LogP contribution in [0.1, 0.15) is 70.5 Å². The van der Waals surface area contributed by atoms with E-state index in [1.54, 1.807) is 26.0 Å². The molecule has 1 aliphatic rings. The molecule has 0 saturated heterocycles. The van der Waals surface area contributed by atoms with E-state index in [2.05, 4.69) is 25.2 Å². The highest BCUT2D eigenvalue weighted by atomic mass is 31.2. The number of carboxylic acid groups (broad SMARTS) is 1. The lowest BCUT2D eigenvalue weighted by Gasteiger charge is -2.29. The zero-order valence-electron chi connectivity index (χ0n) is 27.0. The number of aromatic nitrogens is 3. The molecule has 17 heteroatoms. The third kappa shape index (κ3) is 7.72. The second-order valence-electron chi connectivity index (χ2n) is 11.7. The molecule has 5 rings (SSSR count). The fourth-order valence-corrected chi connectivity index (χ4v) is 5.46. The molecule has 0 spiro atoms. The topological polar surface area (TPSA) is 222 Å². The largest absolute Gasteiger partial charge is 0.524 e. The van der Waals surface area contributed by atoms with Gasteiger partial charge in [0.15, 0.2) is 5.82 Å². The maximum absolute atomic E-state index is 13.9. The summed E-state index contributed by atoms with van der Waals surface area (Å²) >= 11 is 0. The van der Waals surface area contributed by atoms with Gasteiger partial charge in [-0.15, -0.1) is 0 Å². The normalized spacial score (nSPS) is 14.1. The Balaban J connectivity index is 1.42. The number of carbonyl (C=O) groups is 4. The number of amides is 3. The fourth-order valence-electron chi connectivity index (χ4n) is 5.06. The molecule has 4 aromatic rings. The molecule has 1 aliphatic carbocycles. The zero-order valence-corrected chi connectivity index (χ0v) is 27.9. The van der Waals surface area contributed by atoms with Gasteiger partial charge >= 0.3 is 19.9 Å². The molecule has 1 unspecified atom stereocenters. The van der Waals surface area contributed by atoms with E-state index < -0.39 is 31.4 Å². The Labute approximate surface area is 280 Å². The van der Waals surface area contributed by atoms with Gasteiger partial charge in [0.2, 0.25) is 5.60 Å². The van der Waals surface area contributed by atoms with Crippen molar-refractivity contribution in [3.8, 4) is 5.75 Å². The van der Waals surface area contributed by atoms with Crippen LogP contribution in [0.15, 0.2) is 55.0 Å². The Bertz CT molecular complexity index is 1990. The first-order valence-corrected chi connectivity index (χ1v) is 16.8. The lowest BCUT2D eigenvalue weighted by Crippen LogP contribution is -2.45. The first-order valence-electron chi connectivity index (χ1n) is 15.3. The third-order valence-electron chi connectivity index (χ3n) is 7.96. The van der Waals surface area contributed by atoms with Crippen molar-refractivity contribution in [1.82, 2.24) is 24.8 Å². The summed E-state index contributed by atoms with van der Waals surface area (Å²) in [7, 11) is -4.87. The molecule has 16 nitrogen and oxygen atoms in total. The number of aliphatic carboxylic acids is 1. The highest BCUT2D eigenvalue weighted by molar-refractivity contribution is 7.46. The van der Waals surface area contributed by atoms with E-state index >= 15 is 0 Å². The van der Waals surface area contributed by atoms with Crippen LogP contribution in [-0.4, -0.2) is 70.9 Å². The Morgan fingerprint density at radius 1 is 1.10 bits per heavy atom. The number of anilines is 2. The Morgan fingerprint density at radius 2 is 1.80 bits per heavy atom. The first-order chi connectivity index (χ1) is 23.1. The standard InChI is InChI=1S/C32H35N6O10P/c1-5-14-37(31(43)47-32(4,30(41)42)21-8-12-23(13-9-21)48-49(44,45)46)29(40)24-16-38-26(19(24)3)27(33-17-34-38)36-25-15-20(7-6-18(25)2)28(39)35-22-10-11-22/h6-9,12-13,15-17,22H,5,10-11,14H2,1-4H3,(H,35,39)(H,41,42)(H,33,34,36)(H2,44,45,46). The number of phosphoric ester groups is 1. The highest BCUT2D eigenvalue weighted by Gasteiger charge is 2.42. The SMILES string of the molecule is CCCN(C(=O)OC(C)(C(=O)O)c1ccc(OP(=O)(O)O)cc1)C(=O)c1cn2ncnc(Nc3cc(C(=O)NC4CC4)ccc3C)c2c1C. The number of nitrogens with zero attached hydrogens (tertiary/aromatic N) is 4. The second-order valence-corrected chi connectivity index (χ2v) is 12.9. The van der Waals surface area contributed by atoms with Gasteiger partial charge in [0.25, 0.3) is 11.8 Å². The number of hydrogen-bond acceptors (Lipinski definition) is 10. The van der Waals surface area contributed by atoms with Gasteiger partial charge in [-0.3, -0.25) is 19.4 Å². The van der Waals surface area contributed by atoms with Gasteiger partial charge in [0.05, 0.1) is 5.56 Å². The predicted molar refractivity (Wildman–Crippen MR) is 175 cm³/mol. The Morgan fingerprint density at radius 3 is 2.41 bits per heavy atom. The van der Waals surface area contributed by atoms with Crippen molar-refractivity contribution < 1.29 is 47.9 Å². The summed E-state index contributed by atoms with van der Waals surface area (Å²) in [6, 6.07) is 10.0. The fraction of sp³-hybridized carbons (Fsp3) is 0.312. The average molecular weight is 695 g/mol. The van der Waals surface area contributed by atoms with Gasteiger partial charge in [-0.25, -0.2) is 28.6 Å². The van der Waals surface area contributed by atoms with E-state index in [1.165, 1.54) is 29.2 Å². The van der Waals surface area contributed by atoms with Gasteiger partial charge in [-0.1, -0.05) is 25.1 Å².